The number of amides is 1. The van der Waals surface area contributed by atoms with E-state index < -0.39 is 0 Å². The summed E-state index contributed by atoms with van der Waals surface area (Å²) in [5, 5.41) is 11.5. The first kappa shape index (κ1) is 11.8. The smallest absolute Gasteiger partial charge is 0.249 e. The van der Waals surface area contributed by atoms with Crippen molar-refractivity contribution >= 4 is 11.7 Å². The van der Waals surface area contributed by atoms with Gasteiger partial charge in [0, 0.05) is 13.2 Å². The summed E-state index contributed by atoms with van der Waals surface area (Å²) in [4.78, 5) is 13.2. The predicted octanol–water partition coefficient (Wildman–Crippen LogP) is -0.240. The number of hydrogen-bond donors (Lipinski definition) is 2. The molecule has 1 fully saturated rings. The molecule has 1 saturated heterocycles. The van der Waals surface area contributed by atoms with Gasteiger partial charge < -0.3 is 20.6 Å². The highest BCUT2D eigenvalue weighted by Crippen LogP contribution is 2.17. The average Bonchev–Trinajstić information content (AvgIpc) is 2.73. The highest BCUT2D eigenvalue weighted by atomic mass is 16.5. The Morgan fingerprint density at radius 2 is 2.47 bits per heavy atom. The summed E-state index contributed by atoms with van der Waals surface area (Å²) < 4.78 is 5.04. The number of oxime groups is 1. The molecule has 1 amide bonds. The van der Waals surface area contributed by atoms with Gasteiger partial charge in [0.05, 0.1) is 6.04 Å². The van der Waals surface area contributed by atoms with Crippen molar-refractivity contribution in [2.45, 2.75) is 25.8 Å². The monoisotopic (exact) mass is 215 g/mol. The first-order valence-electron chi connectivity index (χ1n) is 5.05. The summed E-state index contributed by atoms with van der Waals surface area (Å²) in [7, 11) is 0. The van der Waals surface area contributed by atoms with Crippen LogP contribution < -0.4 is 5.73 Å². The molecule has 3 N–H and O–H groups in total. The Bertz CT molecular complexity index is 255. The lowest BCUT2D eigenvalue weighted by atomic mass is 10.2. The topological polar surface area (TPSA) is 88.2 Å². The molecule has 0 saturated carbocycles. The maximum Gasteiger partial charge on any atom is 0.249 e. The molecular weight excluding hydrogens is 198 g/mol. The van der Waals surface area contributed by atoms with Crippen LogP contribution in [0, 0.1) is 0 Å². The highest BCUT2D eigenvalue weighted by molar-refractivity contribution is 5.90. The molecule has 0 aliphatic carbocycles. The van der Waals surface area contributed by atoms with Crippen molar-refractivity contribution in [2.24, 2.45) is 10.9 Å². The van der Waals surface area contributed by atoms with Gasteiger partial charge >= 0.3 is 0 Å². The Hall–Kier alpha value is -1.30. The molecule has 1 aliphatic heterocycles. The van der Waals surface area contributed by atoms with E-state index in [0.29, 0.717) is 13.2 Å². The van der Waals surface area contributed by atoms with Gasteiger partial charge in [-0.15, -0.1) is 0 Å². The van der Waals surface area contributed by atoms with Crippen LogP contribution >= 0.6 is 0 Å². The molecule has 1 rings (SSSR count). The number of nitrogens with zero attached hydrogens (tertiary/aromatic N) is 2. The lowest BCUT2D eigenvalue weighted by Crippen LogP contribution is -2.45. The fraction of sp³-hybridized carbons (Fsp3) is 0.778. The zero-order chi connectivity index (χ0) is 11.3. The van der Waals surface area contributed by atoms with Gasteiger partial charge in [0.2, 0.25) is 5.91 Å². The summed E-state index contributed by atoms with van der Waals surface area (Å²) in [5.41, 5.74) is 5.50. The van der Waals surface area contributed by atoms with Gasteiger partial charge in [-0.2, -0.15) is 0 Å². The van der Waals surface area contributed by atoms with Gasteiger partial charge in [-0.25, -0.2) is 0 Å². The van der Waals surface area contributed by atoms with Crippen molar-refractivity contribution < 1.29 is 14.7 Å². The van der Waals surface area contributed by atoms with Crippen LogP contribution in [0.2, 0.25) is 0 Å². The molecule has 1 atom stereocenters. The van der Waals surface area contributed by atoms with Gasteiger partial charge in [0.15, 0.2) is 5.84 Å². The van der Waals surface area contributed by atoms with E-state index in [1.54, 1.807) is 4.90 Å². The SMILES string of the molecule is CCOCC(=O)N1CCCC1C(N)=NO. The number of carbonyl (C=O) groups excluding carboxylic acids is 1. The van der Waals surface area contributed by atoms with Crippen molar-refractivity contribution in [2.75, 3.05) is 19.8 Å². The number of likely N-dealkylation sites (tertiary alicyclic amines) is 1. The molecule has 0 aromatic rings. The maximum atomic E-state index is 11.6. The molecular formula is C9H17N3O3. The zero-order valence-electron chi connectivity index (χ0n) is 8.85. The van der Waals surface area contributed by atoms with E-state index >= 15 is 0 Å². The standard InChI is InChI=1S/C9H17N3O3/c1-2-15-6-8(13)12-5-3-4-7(12)9(10)11-14/h7,14H,2-6H2,1H3,(H2,10,11). The third-order valence-electron chi connectivity index (χ3n) is 2.46. The van der Waals surface area contributed by atoms with Crippen LogP contribution in [0.25, 0.3) is 0 Å². The molecule has 1 unspecified atom stereocenters. The fourth-order valence-electron chi connectivity index (χ4n) is 1.71. The maximum absolute atomic E-state index is 11.6. The summed E-state index contributed by atoms with van der Waals surface area (Å²) in [6.07, 6.45) is 1.62. The van der Waals surface area contributed by atoms with Gasteiger partial charge in [-0.3, -0.25) is 4.79 Å². The van der Waals surface area contributed by atoms with Gasteiger partial charge in [-0.1, -0.05) is 5.16 Å². The lowest BCUT2D eigenvalue weighted by Gasteiger charge is -2.23. The second-order valence-corrected chi connectivity index (χ2v) is 3.41. The minimum atomic E-state index is -0.275. The fourth-order valence-corrected chi connectivity index (χ4v) is 1.71. The Morgan fingerprint density at radius 1 is 1.73 bits per heavy atom. The number of rotatable bonds is 4. The van der Waals surface area contributed by atoms with Crippen LogP contribution in [0.3, 0.4) is 0 Å². The molecule has 0 bridgehead atoms. The van der Waals surface area contributed by atoms with Crippen LogP contribution in [0.5, 0.6) is 0 Å². The Morgan fingerprint density at radius 3 is 3.07 bits per heavy atom. The quantitative estimate of drug-likeness (QED) is 0.293. The summed E-state index contributed by atoms with van der Waals surface area (Å²) >= 11 is 0. The summed E-state index contributed by atoms with van der Waals surface area (Å²) in [6.45, 7) is 3.05. The van der Waals surface area contributed by atoms with E-state index in [-0.39, 0.29) is 24.4 Å². The van der Waals surface area contributed by atoms with Crippen LogP contribution in [0.15, 0.2) is 5.16 Å². The average molecular weight is 215 g/mol. The number of ether oxygens (including phenoxy) is 1. The second kappa shape index (κ2) is 5.55. The van der Waals surface area contributed by atoms with Crippen molar-refractivity contribution in [3.8, 4) is 0 Å². The molecule has 15 heavy (non-hydrogen) atoms. The second-order valence-electron chi connectivity index (χ2n) is 3.41. The van der Waals surface area contributed by atoms with Crippen molar-refractivity contribution in [3.05, 3.63) is 0 Å². The molecule has 0 aromatic carbocycles. The van der Waals surface area contributed by atoms with Gasteiger partial charge in [0.25, 0.3) is 0 Å². The molecule has 0 radical (unpaired) electrons. The lowest BCUT2D eigenvalue weighted by molar-refractivity contribution is -0.135. The largest absolute Gasteiger partial charge is 0.409 e. The van der Waals surface area contributed by atoms with Crippen molar-refractivity contribution in [1.29, 1.82) is 0 Å². The van der Waals surface area contributed by atoms with Crippen molar-refractivity contribution in [1.82, 2.24) is 4.90 Å². The number of nitrogens with two attached hydrogens (primary N) is 1. The number of hydrogen-bond acceptors (Lipinski definition) is 4. The number of carbonyl (C=O) groups is 1. The van der Waals surface area contributed by atoms with Crippen LogP contribution in [0.1, 0.15) is 19.8 Å². The molecule has 0 spiro atoms. The van der Waals surface area contributed by atoms with E-state index in [0.717, 1.165) is 12.8 Å². The Balaban J connectivity index is 2.56. The summed E-state index contributed by atoms with van der Waals surface area (Å²) in [5.74, 6) is -0.0108. The molecule has 86 valence electrons. The van der Waals surface area contributed by atoms with E-state index in [1.165, 1.54) is 0 Å². The minimum absolute atomic E-state index is 0.0612. The first-order chi connectivity index (χ1) is 7.20. The molecule has 6 heteroatoms. The minimum Gasteiger partial charge on any atom is -0.409 e. The molecule has 1 aliphatic rings. The van der Waals surface area contributed by atoms with Gasteiger partial charge in [-0.05, 0) is 19.8 Å². The number of amidine groups is 1. The third-order valence-corrected chi connectivity index (χ3v) is 2.46. The Kier molecular flexibility index (Phi) is 4.36. The molecule has 1 heterocycles. The van der Waals surface area contributed by atoms with Gasteiger partial charge in [0.1, 0.15) is 6.61 Å². The first-order valence-corrected chi connectivity index (χ1v) is 5.05. The van der Waals surface area contributed by atoms with Crippen LogP contribution in [-0.4, -0.2) is 47.7 Å². The van der Waals surface area contributed by atoms with E-state index in [4.69, 9.17) is 15.7 Å². The van der Waals surface area contributed by atoms with E-state index in [1.807, 2.05) is 6.92 Å². The zero-order valence-corrected chi connectivity index (χ0v) is 8.85. The third kappa shape index (κ3) is 2.82. The summed E-state index contributed by atoms with van der Waals surface area (Å²) in [6, 6.07) is -0.275. The highest BCUT2D eigenvalue weighted by Gasteiger charge is 2.31. The molecule has 6 nitrogen and oxygen atoms in total. The Labute approximate surface area is 88.7 Å². The normalized spacial score (nSPS) is 22.1. The van der Waals surface area contributed by atoms with Crippen LogP contribution in [0.4, 0.5) is 0 Å². The molecule has 0 aromatic heterocycles. The van der Waals surface area contributed by atoms with Crippen molar-refractivity contribution in [3.63, 3.8) is 0 Å². The van der Waals surface area contributed by atoms with E-state index in [2.05, 4.69) is 5.16 Å². The predicted molar refractivity (Wildman–Crippen MR) is 54.6 cm³/mol. The van der Waals surface area contributed by atoms with E-state index in [9.17, 15) is 4.79 Å². The van der Waals surface area contributed by atoms with Crippen LogP contribution in [-0.2, 0) is 9.53 Å².